The molecule has 0 fully saturated rings. The Morgan fingerprint density at radius 3 is 2.54 bits per heavy atom. The molecule has 1 atom stereocenters. The third-order valence-corrected chi connectivity index (χ3v) is 5.75. The summed E-state index contributed by atoms with van der Waals surface area (Å²) in [5.74, 6) is -1.86. The lowest BCUT2D eigenvalue weighted by Crippen LogP contribution is -2.41. The van der Waals surface area contributed by atoms with E-state index in [9.17, 15) is 24.3 Å². The van der Waals surface area contributed by atoms with E-state index in [1.165, 1.54) is 12.1 Å². The average Bonchev–Trinajstić information content (AvgIpc) is 2.95. The lowest BCUT2D eigenvalue weighted by molar-refractivity contribution is -0.139. The number of aromatic nitrogens is 2. The van der Waals surface area contributed by atoms with Gasteiger partial charge in [0.2, 0.25) is 11.9 Å². The van der Waals surface area contributed by atoms with E-state index in [-0.39, 0.29) is 49.1 Å². The first kappa shape index (κ1) is 31.0. The van der Waals surface area contributed by atoms with Crippen molar-refractivity contribution in [2.75, 3.05) is 69.0 Å². The van der Waals surface area contributed by atoms with Crippen molar-refractivity contribution in [3.05, 3.63) is 40.2 Å². The zero-order chi connectivity index (χ0) is 29.6. The van der Waals surface area contributed by atoms with Gasteiger partial charge >= 0.3 is 5.97 Å². The molecule has 0 unspecified atom stereocenters. The van der Waals surface area contributed by atoms with Gasteiger partial charge in [-0.3, -0.25) is 19.4 Å². The van der Waals surface area contributed by atoms with Crippen LogP contribution in [0.3, 0.4) is 0 Å². The largest absolute Gasteiger partial charge is 0.480 e. The molecule has 1 aromatic heterocycles. The molecule has 1 aliphatic heterocycles. The number of carboxylic acids is 1. The van der Waals surface area contributed by atoms with Crippen LogP contribution in [0.25, 0.3) is 0 Å². The van der Waals surface area contributed by atoms with Gasteiger partial charge in [0.15, 0.2) is 11.5 Å². The summed E-state index contributed by atoms with van der Waals surface area (Å²) in [4.78, 5) is 59.1. The number of H-pyrrole nitrogens is 1. The normalized spacial score (nSPS) is 12.9. The number of aliphatic carboxylic acids is 1. The molecule has 10 N–H and O–H groups in total. The molecule has 0 bridgehead atoms. The molecular formula is C25H35N9O7. The van der Waals surface area contributed by atoms with E-state index in [4.69, 9.17) is 20.9 Å². The van der Waals surface area contributed by atoms with Gasteiger partial charge < -0.3 is 47.3 Å². The third-order valence-electron chi connectivity index (χ3n) is 5.75. The minimum absolute atomic E-state index is 0.000680. The first-order chi connectivity index (χ1) is 19.8. The summed E-state index contributed by atoms with van der Waals surface area (Å²) in [6.07, 6.45) is -0.164. The number of benzene rings is 1. The number of amides is 2. The van der Waals surface area contributed by atoms with Crippen molar-refractivity contribution in [1.29, 1.82) is 0 Å². The van der Waals surface area contributed by atoms with Gasteiger partial charge in [-0.05, 0) is 30.7 Å². The number of rotatable bonds is 17. The topological polar surface area (TPSA) is 248 Å². The molecule has 0 radical (unpaired) electrons. The van der Waals surface area contributed by atoms with E-state index in [1.54, 1.807) is 12.1 Å². The van der Waals surface area contributed by atoms with Crippen LogP contribution in [-0.2, 0) is 19.1 Å². The molecule has 0 aliphatic carbocycles. The first-order valence-corrected chi connectivity index (χ1v) is 13.0. The van der Waals surface area contributed by atoms with Gasteiger partial charge in [-0.1, -0.05) is 0 Å². The SMILES string of the molecule is NCCOCCOCCNC(=O)CC[C@@H](NC(=O)c1ccc(NCC2=Nc3c(nc(N)[nH]c3=O)NC2)cc1)C(=O)O. The maximum absolute atomic E-state index is 12.6. The van der Waals surface area contributed by atoms with Gasteiger partial charge in [-0.25, -0.2) is 9.79 Å². The number of nitrogens with zero attached hydrogens (tertiary/aromatic N) is 2. The number of carbonyl (C=O) groups is 3. The number of aliphatic imine (C=N–C) groups is 1. The van der Waals surface area contributed by atoms with Crippen LogP contribution < -0.4 is 38.3 Å². The second-order valence-electron chi connectivity index (χ2n) is 8.88. The molecule has 16 nitrogen and oxygen atoms in total. The van der Waals surface area contributed by atoms with Crippen molar-refractivity contribution in [3.63, 3.8) is 0 Å². The Morgan fingerprint density at radius 2 is 1.83 bits per heavy atom. The van der Waals surface area contributed by atoms with Crippen LogP contribution in [0.5, 0.6) is 0 Å². The van der Waals surface area contributed by atoms with Crippen LogP contribution in [-0.4, -0.2) is 97.2 Å². The van der Waals surface area contributed by atoms with Crippen molar-refractivity contribution in [2.24, 2.45) is 10.7 Å². The molecule has 1 aromatic carbocycles. The first-order valence-electron chi connectivity index (χ1n) is 13.0. The number of nitrogens with two attached hydrogens (primary N) is 2. The zero-order valence-corrected chi connectivity index (χ0v) is 22.4. The van der Waals surface area contributed by atoms with Crippen LogP contribution in [0.4, 0.5) is 23.1 Å². The predicted octanol–water partition coefficient (Wildman–Crippen LogP) is -0.966. The fraction of sp³-hybridized carbons (Fsp3) is 0.440. The highest BCUT2D eigenvalue weighted by Crippen LogP contribution is 2.21. The van der Waals surface area contributed by atoms with E-state index in [2.05, 4.69) is 36.2 Å². The highest BCUT2D eigenvalue weighted by Gasteiger charge is 2.22. The minimum atomic E-state index is -1.24. The second-order valence-corrected chi connectivity index (χ2v) is 8.88. The van der Waals surface area contributed by atoms with Gasteiger partial charge in [-0.2, -0.15) is 4.98 Å². The average molecular weight is 574 g/mol. The molecule has 3 rings (SSSR count). The van der Waals surface area contributed by atoms with Crippen LogP contribution in [0.1, 0.15) is 23.2 Å². The monoisotopic (exact) mass is 573 g/mol. The van der Waals surface area contributed by atoms with E-state index >= 15 is 0 Å². The summed E-state index contributed by atoms with van der Waals surface area (Å²) < 4.78 is 10.5. The number of carboxylic acid groups (broad SMARTS) is 1. The van der Waals surface area contributed by atoms with Gasteiger partial charge in [0.25, 0.3) is 11.5 Å². The smallest absolute Gasteiger partial charge is 0.326 e. The summed E-state index contributed by atoms with van der Waals surface area (Å²) in [5, 5.41) is 20.7. The fourth-order valence-corrected chi connectivity index (χ4v) is 3.67. The fourth-order valence-electron chi connectivity index (χ4n) is 3.67. The Balaban J connectivity index is 1.41. The molecule has 1 aliphatic rings. The molecule has 2 amide bonds. The minimum Gasteiger partial charge on any atom is -0.480 e. The Morgan fingerprint density at radius 1 is 1.10 bits per heavy atom. The molecule has 41 heavy (non-hydrogen) atoms. The Kier molecular flexibility index (Phi) is 12.0. The number of nitrogen functional groups attached to an aromatic ring is 1. The number of ether oxygens (including phenoxy) is 2. The van der Waals surface area contributed by atoms with E-state index in [1.807, 2.05) is 0 Å². The number of anilines is 3. The Bertz CT molecular complexity index is 1280. The van der Waals surface area contributed by atoms with Crippen molar-refractivity contribution in [2.45, 2.75) is 18.9 Å². The second kappa shape index (κ2) is 15.9. The maximum Gasteiger partial charge on any atom is 0.326 e. The quantitative estimate of drug-likeness (QED) is 0.107. The summed E-state index contributed by atoms with van der Waals surface area (Å²) in [6, 6.07) is 5.15. The van der Waals surface area contributed by atoms with Gasteiger partial charge in [-0.15, -0.1) is 0 Å². The molecule has 2 aromatic rings. The van der Waals surface area contributed by atoms with Crippen LogP contribution in [0.2, 0.25) is 0 Å². The molecular weight excluding hydrogens is 538 g/mol. The van der Waals surface area contributed by atoms with E-state index in [0.29, 0.717) is 56.7 Å². The predicted molar refractivity (Wildman–Crippen MR) is 152 cm³/mol. The Labute approximate surface area is 235 Å². The molecule has 0 saturated heterocycles. The summed E-state index contributed by atoms with van der Waals surface area (Å²) in [5.41, 5.74) is 12.1. The van der Waals surface area contributed by atoms with Crippen molar-refractivity contribution in [3.8, 4) is 0 Å². The van der Waals surface area contributed by atoms with E-state index < -0.39 is 23.5 Å². The number of hydrogen-bond donors (Lipinski definition) is 8. The molecule has 0 saturated carbocycles. The van der Waals surface area contributed by atoms with Crippen LogP contribution in [0, 0.1) is 0 Å². The standard InChI is InChI=1S/C25H35N9O7/c26-7-9-40-11-12-41-10-8-28-19(35)6-5-18(24(38)39)32-22(36)15-1-3-16(4-2-15)29-13-17-14-30-21-20(31-17)23(37)34-25(27)33-21/h1-4,18,29H,5-14,26H2,(H,28,35)(H,32,36)(H,38,39)(H4,27,30,33,34,37)/t18-/m1/s1. The molecule has 2 heterocycles. The number of hydrogen-bond acceptors (Lipinski definition) is 12. The summed E-state index contributed by atoms with van der Waals surface area (Å²) in [6.45, 7) is 2.91. The lowest BCUT2D eigenvalue weighted by Gasteiger charge is -2.17. The lowest BCUT2D eigenvalue weighted by atomic mass is 10.1. The van der Waals surface area contributed by atoms with Crippen molar-refractivity contribution < 1.29 is 29.0 Å². The number of carbonyl (C=O) groups excluding carboxylic acids is 2. The van der Waals surface area contributed by atoms with Gasteiger partial charge in [0.1, 0.15) is 6.04 Å². The van der Waals surface area contributed by atoms with E-state index in [0.717, 1.165) is 0 Å². The van der Waals surface area contributed by atoms with Gasteiger partial charge in [0, 0.05) is 30.8 Å². The van der Waals surface area contributed by atoms with Crippen molar-refractivity contribution >= 4 is 46.6 Å². The summed E-state index contributed by atoms with van der Waals surface area (Å²) >= 11 is 0. The van der Waals surface area contributed by atoms with Gasteiger partial charge in [0.05, 0.1) is 45.2 Å². The number of aromatic amines is 1. The van der Waals surface area contributed by atoms with Crippen LogP contribution >= 0.6 is 0 Å². The summed E-state index contributed by atoms with van der Waals surface area (Å²) in [7, 11) is 0. The third kappa shape index (κ3) is 10.2. The highest BCUT2D eigenvalue weighted by atomic mass is 16.5. The number of fused-ring (bicyclic) bond motifs is 1. The van der Waals surface area contributed by atoms with Crippen LogP contribution in [0.15, 0.2) is 34.1 Å². The highest BCUT2D eigenvalue weighted by molar-refractivity contribution is 5.98. The zero-order valence-electron chi connectivity index (χ0n) is 22.4. The number of nitrogens with one attached hydrogen (secondary N) is 5. The molecule has 16 heteroatoms. The maximum atomic E-state index is 12.6. The van der Waals surface area contributed by atoms with Crippen molar-refractivity contribution in [1.82, 2.24) is 20.6 Å². The molecule has 0 spiro atoms. The Hall–Kier alpha value is -4.54. The molecule has 222 valence electrons.